The molecule has 1 aromatic heterocycles. The largest absolute Gasteiger partial charge is 0.508 e. The molecule has 19 heteroatoms. The summed E-state index contributed by atoms with van der Waals surface area (Å²) in [5, 5.41) is 23.4. The molecule has 1 aliphatic rings. The molecule has 0 saturated carbocycles. The highest BCUT2D eigenvalue weighted by Gasteiger charge is 2.41. The zero-order valence-corrected chi connectivity index (χ0v) is 27.7. The maximum absolute atomic E-state index is 12.8. The third-order valence-electron chi connectivity index (χ3n) is 7.59. The van der Waals surface area contributed by atoms with Gasteiger partial charge in [-0.1, -0.05) is 37.0 Å². The van der Waals surface area contributed by atoms with Gasteiger partial charge < -0.3 is 23.7 Å². The van der Waals surface area contributed by atoms with Crippen LogP contribution in [0.4, 0.5) is 21.0 Å². The zero-order valence-electron chi connectivity index (χ0n) is 26.2. The summed E-state index contributed by atoms with van der Waals surface area (Å²) in [6.45, 7) is 3.47. The van der Waals surface area contributed by atoms with E-state index in [0.29, 0.717) is 0 Å². The van der Waals surface area contributed by atoms with Gasteiger partial charge in [-0.25, -0.2) is 14.4 Å². The Labute approximate surface area is 286 Å². The SMILES string of the molecule is Cc1cn([C@H]2C[C@H](OC(=O)OCC(C)c3cc(Cl)ccc3[N+](=O)[O-])[C@@H](COC(=O)OCC(C)c3cc(Cl)ccc3[N+](=O)[O-])O2)c(=O)[nH]c1=O. The summed E-state index contributed by atoms with van der Waals surface area (Å²) in [5.74, 6) is -1.30. The molecule has 1 saturated heterocycles. The lowest BCUT2D eigenvalue weighted by atomic mass is 10.0. The maximum Gasteiger partial charge on any atom is 0.508 e. The Bertz CT molecular complexity index is 1860. The molecule has 2 aromatic carbocycles. The molecule has 262 valence electrons. The second kappa shape index (κ2) is 15.9. The first kappa shape index (κ1) is 36.8. The van der Waals surface area contributed by atoms with E-state index in [-0.39, 0.29) is 57.7 Å². The summed E-state index contributed by atoms with van der Waals surface area (Å²) in [6, 6.07) is 7.98. The summed E-state index contributed by atoms with van der Waals surface area (Å²) in [4.78, 5) is 73.5. The van der Waals surface area contributed by atoms with Gasteiger partial charge >= 0.3 is 18.0 Å². The lowest BCUT2D eigenvalue weighted by molar-refractivity contribution is -0.385. The van der Waals surface area contributed by atoms with Crippen LogP contribution in [0.2, 0.25) is 10.0 Å². The van der Waals surface area contributed by atoms with Crippen molar-refractivity contribution in [3.8, 4) is 0 Å². The zero-order chi connectivity index (χ0) is 36.0. The number of carbonyl (C=O) groups is 2. The predicted octanol–water partition coefficient (Wildman–Crippen LogP) is 5.54. The van der Waals surface area contributed by atoms with Crippen molar-refractivity contribution in [2.24, 2.45) is 0 Å². The minimum absolute atomic E-state index is 0.131. The first-order valence-corrected chi connectivity index (χ1v) is 15.4. The summed E-state index contributed by atoms with van der Waals surface area (Å²) < 4.78 is 28.0. The van der Waals surface area contributed by atoms with Crippen LogP contribution < -0.4 is 11.2 Å². The van der Waals surface area contributed by atoms with Crippen LogP contribution in [0.25, 0.3) is 0 Å². The molecule has 1 fully saturated rings. The van der Waals surface area contributed by atoms with Crippen LogP contribution in [0.15, 0.2) is 52.2 Å². The van der Waals surface area contributed by atoms with E-state index in [9.17, 15) is 39.4 Å². The Morgan fingerprint density at radius 1 is 0.939 bits per heavy atom. The number of hydrogen-bond acceptors (Lipinski definition) is 13. The number of rotatable bonds is 12. The minimum Gasteiger partial charge on any atom is -0.434 e. The number of nitrogens with one attached hydrogen (secondary N) is 1. The maximum atomic E-state index is 12.8. The van der Waals surface area contributed by atoms with E-state index in [4.69, 9.17) is 46.9 Å². The van der Waals surface area contributed by atoms with Gasteiger partial charge in [0.1, 0.15) is 38.3 Å². The number of benzene rings is 2. The van der Waals surface area contributed by atoms with Crippen LogP contribution in [0.3, 0.4) is 0 Å². The Balaban J connectivity index is 1.42. The van der Waals surface area contributed by atoms with Crippen molar-refractivity contribution in [1.29, 1.82) is 0 Å². The number of nitro benzene ring substituents is 2. The lowest BCUT2D eigenvalue weighted by Crippen LogP contribution is -2.34. The molecule has 17 nitrogen and oxygen atoms in total. The smallest absolute Gasteiger partial charge is 0.434 e. The van der Waals surface area contributed by atoms with Gasteiger partial charge in [-0.05, 0) is 31.2 Å². The molecule has 0 radical (unpaired) electrons. The Morgan fingerprint density at radius 3 is 2.00 bits per heavy atom. The number of ether oxygens (including phenoxy) is 5. The molecule has 0 amide bonds. The van der Waals surface area contributed by atoms with E-state index in [2.05, 4.69) is 4.98 Å². The van der Waals surface area contributed by atoms with Crippen molar-refractivity contribution in [2.75, 3.05) is 19.8 Å². The molecule has 3 aromatic rings. The van der Waals surface area contributed by atoms with E-state index in [1.807, 2.05) is 0 Å². The van der Waals surface area contributed by atoms with Crippen molar-refractivity contribution < 1.29 is 43.1 Å². The van der Waals surface area contributed by atoms with Crippen LogP contribution in [0.5, 0.6) is 0 Å². The fourth-order valence-corrected chi connectivity index (χ4v) is 5.39. The van der Waals surface area contributed by atoms with Crippen molar-refractivity contribution in [3.63, 3.8) is 0 Å². The van der Waals surface area contributed by atoms with Gasteiger partial charge in [-0.15, -0.1) is 0 Å². The summed E-state index contributed by atoms with van der Waals surface area (Å²) in [7, 11) is 0. The van der Waals surface area contributed by atoms with E-state index >= 15 is 0 Å². The van der Waals surface area contributed by atoms with E-state index in [1.54, 1.807) is 13.8 Å². The number of halogens is 2. The van der Waals surface area contributed by atoms with Crippen molar-refractivity contribution in [3.05, 3.63) is 110 Å². The van der Waals surface area contributed by atoms with Crippen LogP contribution >= 0.6 is 23.2 Å². The molecule has 5 atom stereocenters. The second-order valence-corrected chi connectivity index (χ2v) is 12.0. The summed E-state index contributed by atoms with van der Waals surface area (Å²) in [6.07, 6.45) is -4.58. The van der Waals surface area contributed by atoms with Crippen molar-refractivity contribution in [1.82, 2.24) is 9.55 Å². The molecular formula is C30H30Cl2N4O13. The fraction of sp³-hybridized carbons (Fsp3) is 0.400. The monoisotopic (exact) mass is 724 g/mol. The number of nitro groups is 2. The molecule has 2 unspecified atom stereocenters. The van der Waals surface area contributed by atoms with Gasteiger partial charge in [-0.2, -0.15) is 0 Å². The molecule has 0 bridgehead atoms. The average Bonchev–Trinajstić information content (AvgIpc) is 3.44. The molecular weight excluding hydrogens is 695 g/mol. The fourth-order valence-electron chi connectivity index (χ4n) is 5.03. The highest BCUT2D eigenvalue weighted by Crippen LogP contribution is 2.33. The Kier molecular flexibility index (Phi) is 12.0. The van der Waals surface area contributed by atoms with Crippen LogP contribution in [-0.4, -0.2) is 63.7 Å². The molecule has 4 rings (SSSR count). The number of nitrogens with zero attached hydrogens (tertiary/aromatic N) is 3. The Morgan fingerprint density at radius 2 is 1.47 bits per heavy atom. The molecule has 1 aliphatic heterocycles. The minimum atomic E-state index is -1.18. The topological polar surface area (TPSA) is 221 Å². The van der Waals surface area contributed by atoms with Crippen molar-refractivity contribution >= 4 is 46.9 Å². The highest BCUT2D eigenvalue weighted by molar-refractivity contribution is 6.31. The third-order valence-corrected chi connectivity index (χ3v) is 8.06. The standard InChI is InChI=1S/C30H30Cl2N4O13/c1-15-11-34(28(38)33-27(15)37)26-10-24(49-30(40)46-13-17(3)21-9-19(32)5-7-23(21)36(43)44)25(48-26)14-47-29(39)45-12-16(2)20-8-18(31)4-6-22(20)35(41)42/h4-9,11,16-17,24-26H,10,12-14H2,1-3H3,(H,33,37,38)/t16?,17?,24-,25+,26+/m0/s1. The first-order chi connectivity index (χ1) is 23.1. The van der Waals surface area contributed by atoms with Crippen LogP contribution in [0.1, 0.15) is 55.0 Å². The molecule has 0 aliphatic carbocycles. The van der Waals surface area contributed by atoms with Gasteiger partial charge in [0.25, 0.3) is 16.9 Å². The van der Waals surface area contributed by atoms with Gasteiger partial charge in [0, 0.05) is 63.3 Å². The number of aryl methyl sites for hydroxylation is 1. The van der Waals surface area contributed by atoms with Gasteiger partial charge in [0.15, 0.2) is 0 Å². The lowest BCUT2D eigenvalue weighted by Gasteiger charge is -2.19. The van der Waals surface area contributed by atoms with E-state index in [0.717, 1.165) is 4.57 Å². The van der Waals surface area contributed by atoms with Gasteiger partial charge in [0.05, 0.1) is 9.85 Å². The van der Waals surface area contributed by atoms with E-state index in [1.165, 1.54) is 49.5 Å². The second-order valence-electron chi connectivity index (χ2n) is 11.2. The van der Waals surface area contributed by atoms with Gasteiger partial charge in [0.2, 0.25) is 0 Å². The third kappa shape index (κ3) is 9.33. The number of aromatic nitrogens is 2. The van der Waals surface area contributed by atoms with E-state index < -0.39 is 70.3 Å². The molecule has 49 heavy (non-hydrogen) atoms. The van der Waals surface area contributed by atoms with Crippen LogP contribution in [0, 0.1) is 27.2 Å². The number of hydrogen-bond donors (Lipinski definition) is 1. The van der Waals surface area contributed by atoms with Crippen LogP contribution in [-0.2, 0) is 23.7 Å². The van der Waals surface area contributed by atoms with Gasteiger partial charge in [-0.3, -0.25) is 34.6 Å². The number of aromatic amines is 1. The summed E-state index contributed by atoms with van der Waals surface area (Å²) >= 11 is 12.0. The van der Waals surface area contributed by atoms with Crippen molar-refractivity contribution in [2.45, 2.75) is 57.5 Å². The normalized spacial score (nSPS) is 18.3. The first-order valence-electron chi connectivity index (χ1n) is 14.6. The Hall–Kier alpha value is -5.00. The quantitative estimate of drug-likeness (QED) is 0.138. The molecule has 1 N–H and O–H groups in total. The highest BCUT2D eigenvalue weighted by atomic mass is 35.5. The predicted molar refractivity (Wildman–Crippen MR) is 171 cm³/mol. The molecule has 0 spiro atoms. The number of H-pyrrole nitrogens is 1. The summed E-state index contributed by atoms with van der Waals surface area (Å²) in [5.41, 5.74) is -1.17. The average molecular weight is 725 g/mol. The number of carbonyl (C=O) groups excluding carboxylic acids is 2. The molecule has 2 heterocycles.